The van der Waals surface area contributed by atoms with E-state index in [4.69, 9.17) is 16.3 Å². The highest BCUT2D eigenvalue weighted by atomic mass is 35.5. The summed E-state index contributed by atoms with van der Waals surface area (Å²) in [5, 5.41) is 0.496. The number of rotatable bonds is 4. The number of benzene rings is 1. The van der Waals surface area contributed by atoms with Crippen molar-refractivity contribution in [3.05, 3.63) is 29.3 Å². The van der Waals surface area contributed by atoms with Crippen LogP contribution in [0.15, 0.2) is 24.3 Å². The summed E-state index contributed by atoms with van der Waals surface area (Å²) in [6.45, 7) is 2.35. The number of para-hydroxylation sites is 1. The Morgan fingerprint density at radius 3 is 2.36 bits per heavy atom. The molecule has 2 aliphatic rings. The Balaban J connectivity index is 1.45. The van der Waals surface area contributed by atoms with Gasteiger partial charge in [-0.05, 0) is 25.0 Å². The van der Waals surface area contributed by atoms with Gasteiger partial charge < -0.3 is 14.5 Å². The predicted octanol–water partition coefficient (Wildman–Crippen LogP) is 1.80. The average Bonchev–Trinajstić information content (AvgIpc) is 3.38. The van der Waals surface area contributed by atoms with Crippen LogP contribution in [-0.2, 0) is 9.59 Å². The molecule has 0 atom stereocenters. The maximum atomic E-state index is 12.2. The number of hydrogen-bond acceptors (Lipinski definition) is 3. The van der Waals surface area contributed by atoms with Crippen molar-refractivity contribution in [3.8, 4) is 5.75 Å². The monoisotopic (exact) mass is 322 g/mol. The lowest BCUT2D eigenvalue weighted by atomic mass is 10.2. The van der Waals surface area contributed by atoms with E-state index in [0.717, 1.165) is 12.8 Å². The lowest BCUT2D eigenvalue weighted by Crippen LogP contribution is -2.52. The van der Waals surface area contributed by atoms with Crippen LogP contribution in [0, 0.1) is 5.92 Å². The first kappa shape index (κ1) is 15.2. The molecule has 3 rings (SSSR count). The standard InChI is InChI=1S/C16H19ClN2O3/c17-13-3-1-2-4-14(13)22-11-15(20)18-7-9-19(10-8-18)16(21)12-5-6-12/h1-4,12H,5-11H2. The summed E-state index contributed by atoms with van der Waals surface area (Å²) in [6, 6.07) is 7.09. The van der Waals surface area contributed by atoms with Gasteiger partial charge >= 0.3 is 0 Å². The Morgan fingerprint density at radius 2 is 1.73 bits per heavy atom. The van der Waals surface area contributed by atoms with Gasteiger partial charge in [0, 0.05) is 32.1 Å². The summed E-state index contributed by atoms with van der Waals surface area (Å²) in [6.07, 6.45) is 2.04. The normalized spacial score (nSPS) is 18.2. The molecule has 5 nitrogen and oxygen atoms in total. The zero-order valence-electron chi connectivity index (χ0n) is 12.3. The largest absolute Gasteiger partial charge is 0.482 e. The Morgan fingerprint density at radius 1 is 1.09 bits per heavy atom. The van der Waals surface area contributed by atoms with Crippen LogP contribution in [0.3, 0.4) is 0 Å². The van der Waals surface area contributed by atoms with E-state index in [1.165, 1.54) is 0 Å². The highest BCUT2D eigenvalue weighted by Crippen LogP contribution is 2.31. The molecule has 0 N–H and O–H groups in total. The zero-order valence-corrected chi connectivity index (χ0v) is 13.1. The molecule has 1 aromatic carbocycles. The van der Waals surface area contributed by atoms with E-state index in [1.807, 2.05) is 17.0 Å². The second-order valence-corrected chi connectivity index (χ2v) is 6.11. The molecule has 6 heteroatoms. The van der Waals surface area contributed by atoms with Gasteiger partial charge in [-0.2, -0.15) is 0 Å². The third-order valence-electron chi connectivity index (χ3n) is 4.06. The van der Waals surface area contributed by atoms with Crippen molar-refractivity contribution >= 4 is 23.4 Å². The fourth-order valence-corrected chi connectivity index (χ4v) is 2.75. The third-order valence-corrected chi connectivity index (χ3v) is 4.37. The number of ether oxygens (including phenoxy) is 1. The molecule has 0 bridgehead atoms. The number of hydrogen-bond donors (Lipinski definition) is 0. The molecular weight excluding hydrogens is 304 g/mol. The predicted molar refractivity (Wildman–Crippen MR) is 82.8 cm³/mol. The fraction of sp³-hybridized carbons (Fsp3) is 0.500. The minimum Gasteiger partial charge on any atom is -0.482 e. The molecule has 2 amide bonds. The van der Waals surface area contributed by atoms with E-state index >= 15 is 0 Å². The third kappa shape index (κ3) is 3.53. The molecule has 0 aromatic heterocycles. The van der Waals surface area contributed by atoms with Crippen molar-refractivity contribution < 1.29 is 14.3 Å². The Labute approximate surface area is 134 Å². The van der Waals surface area contributed by atoms with Crippen LogP contribution >= 0.6 is 11.6 Å². The number of piperazine rings is 1. The Bertz CT molecular complexity index is 566. The van der Waals surface area contributed by atoms with Crippen LogP contribution in [0.2, 0.25) is 5.02 Å². The van der Waals surface area contributed by atoms with Crippen LogP contribution in [0.25, 0.3) is 0 Å². The van der Waals surface area contributed by atoms with Gasteiger partial charge in [0.05, 0.1) is 5.02 Å². The van der Waals surface area contributed by atoms with Crippen molar-refractivity contribution in [2.75, 3.05) is 32.8 Å². The van der Waals surface area contributed by atoms with Crippen molar-refractivity contribution in [3.63, 3.8) is 0 Å². The first-order chi connectivity index (χ1) is 10.6. The van der Waals surface area contributed by atoms with Gasteiger partial charge in [-0.1, -0.05) is 23.7 Å². The summed E-state index contributed by atoms with van der Waals surface area (Å²) in [7, 11) is 0. The average molecular weight is 323 g/mol. The summed E-state index contributed by atoms with van der Waals surface area (Å²) in [5.41, 5.74) is 0. The van der Waals surface area contributed by atoms with E-state index < -0.39 is 0 Å². The highest BCUT2D eigenvalue weighted by molar-refractivity contribution is 6.32. The quantitative estimate of drug-likeness (QED) is 0.849. The SMILES string of the molecule is O=C(COc1ccccc1Cl)N1CCN(C(=O)C2CC2)CC1. The Kier molecular flexibility index (Phi) is 4.52. The molecule has 0 radical (unpaired) electrons. The second-order valence-electron chi connectivity index (χ2n) is 5.70. The fourth-order valence-electron chi connectivity index (χ4n) is 2.56. The summed E-state index contributed by atoms with van der Waals surface area (Å²) < 4.78 is 5.47. The number of nitrogens with zero attached hydrogens (tertiary/aromatic N) is 2. The number of carbonyl (C=O) groups is 2. The smallest absolute Gasteiger partial charge is 0.260 e. The van der Waals surface area contributed by atoms with Gasteiger partial charge in [0.25, 0.3) is 5.91 Å². The van der Waals surface area contributed by atoms with E-state index in [9.17, 15) is 9.59 Å². The molecule has 1 heterocycles. The maximum absolute atomic E-state index is 12.2. The van der Waals surface area contributed by atoms with Gasteiger partial charge in [-0.25, -0.2) is 0 Å². The molecule has 1 aliphatic carbocycles. The maximum Gasteiger partial charge on any atom is 0.260 e. The van der Waals surface area contributed by atoms with Crippen LogP contribution in [0.1, 0.15) is 12.8 Å². The van der Waals surface area contributed by atoms with Crippen LogP contribution < -0.4 is 4.74 Å². The number of amides is 2. The molecule has 1 saturated carbocycles. The van der Waals surface area contributed by atoms with Gasteiger partial charge in [0.1, 0.15) is 5.75 Å². The van der Waals surface area contributed by atoms with Crippen molar-refractivity contribution in [1.82, 2.24) is 9.80 Å². The van der Waals surface area contributed by atoms with Crippen molar-refractivity contribution in [1.29, 1.82) is 0 Å². The second kappa shape index (κ2) is 6.57. The minimum absolute atomic E-state index is 0.0275. The molecule has 1 aromatic rings. The van der Waals surface area contributed by atoms with E-state index in [0.29, 0.717) is 37.0 Å². The lowest BCUT2D eigenvalue weighted by Gasteiger charge is -2.34. The van der Waals surface area contributed by atoms with Crippen LogP contribution in [-0.4, -0.2) is 54.4 Å². The van der Waals surface area contributed by atoms with Gasteiger partial charge in [-0.15, -0.1) is 0 Å². The van der Waals surface area contributed by atoms with E-state index in [1.54, 1.807) is 17.0 Å². The van der Waals surface area contributed by atoms with Gasteiger partial charge in [0.15, 0.2) is 6.61 Å². The molecular formula is C16H19ClN2O3. The minimum atomic E-state index is -0.0709. The van der Waals surface area contributed by atoms with Gasteiger partial charge in [-0.3, -0.25) is 9.59 Å². The lowest BCUT2D eigenvalue weighted by molar-refractivity contribution is -0.141. The Hall–Kier alpha value is -1.75. The highest BCUT2D eigenvalue weighted by Gasteiger charge is 2.35. The van der Waals surface area contributed by atoms with E-state index in [-0.39, 0.29) is 24.3 Å². The first-order valence-electron chi connectivity index (χ1n) is 7.59. The van der Waals surface area contributed by atoms with Crippen molar-refractivity contribution in [2.45, 2.75) is 12.8 Å². The van der Waals surface area contributed by atoms with Gasteiger partial charge in [0.2, 0.25) is 5.91 Å². The number of carbonyl (C=O) groups excluding carboxylic acids is 2. The molecule has 1 saturated heterocycles. The summed E-state index contributed by atoms with van der Waals surface area (Å²) in [4.78, 5) is 27.7. The zero-order chi connectivity index (χ0) is 15.5. The summed E-state index contributed by atoms with van der Waals surface area (Å²) >= 11 is 5.99. The number of halogens is 1. The molecule has 1 aliphatic heterocycles. The molecule has 0 spiro atoms. The topological polar surface area (TPSA) is 49.9 Å². The molecule has 118 valence electrons. The van der Waals surface area contributed by atoms with E-state index in [2.05, 4.69) is 0 Å². The van der Waals surface area contributed by atoms with Crippen molar-refractivity contribution in [2.24, 2.45) is 5.92 Å². The summed E-state index contributed by atoms with van der Waals surface area (Å²) in [5.74, 6) is 0.934. The first-order valence-corrected chi connectivity index (χ1v) is 7.97. The van der Waals surface area contributed by atoms with Crippen LogP contribution in [0.5, 0.6) is 5.75 Å². The molecule has 22 heavy (non-hydrogen) atoms. The molecule has 0 unspecified atom stereocenters. The van der Waals surface area contributed by atoms with Crippen LogP contribution in [0.4, 0.5) is 0 Å². The molecule has 2 fully saturated rings.